The van der Waals surface area contributed by atoms with Gasteiger partial charge in [-0.15, -0.1) is 0 Å². The van der Waals surface area contributed by atoms with E-state index in [2.05, 4.69) is 5.32 Å². The van der Waals surface area contributed by atoms with Crippen LogP contribution in [-0.2, 0) is 14.6 Å². The highest BCUT2D eigenvalue weighted by atomic mass is 32.2. The van der Waals surface area contributed by atoms with E-state index in [9.17, 15) is 17.6 Å². The summed E-state index contributed by atoms with van der Waals surface area (Å²) in [7, 11) is -3.83. The standard InChI is InChI=1S/C21H25FN2O4S/c1-20(2,3)28-19(25)24-21(13-23)17(14-9-11-15(22)12-10-14)18(21)29(26,27)16-7-5-4-6-8-16/h4-12,17-18H,13,23H2,1-3H3,(H,24,25)/t17-,18-,21-/m1/s1. The van der Waals surface area contributed by atoms with E-state index < -0.39 is 44.1 Å². The second-order valence-electron chi connectivity index (χ2n) is 8.18. The third-order valence-electron chi connectivity index (χ3n) is 4.96. The van der Waals surface area contributed by atoms with Gasteiger partial charge < -0.3 is 15.8 Å². The van der Waals surface area contributed by atoms with Crippen molar-refractivity contribution in [2.45, 2.75) is 48.0 Å². The van der Waals surface area contributed by atoms with Gasteiger partial charge in [-0.25, -0.2) is 17.6 Å². The van der Waals surface area contributed by atoms with Crippen LogP contribution in [0.1, 0.15) is 32.3 Å². The van der Waals surface area contributed by atoms with Crippen molar-refractivity contribution in [1.82, 2.24) is 5.32 Å². The molecule has 3 atom stereocenters. The van der Waals surface area contributed by atoms with E-state index in [1.807, 2.05) is 0 Å². The maximum Gasteiger partial charge on any atom is 0.408 e. The Morgan fingerprint density at radius 2 is 1.72 bits per heavy atom. The van der Waals surface area contributed by atoms with Crippen molar-refractivity contribution in [1.29, 1.82) is 0 Å². The summed E-state index contributed by atoms with van der Waals surface area (Å²) in [5.41, 5.74) is 4.56. The molecule has 0 spiro atoms. The summed E-state index contributed by atoms with van der Waals surface area (Å²) >= 11 is 0. The maximum absolute atomic E-state index is 13.4. The molecule has 2 aromatic rings. The van der Waals surface area contributed by atoms with Crippen molar-refractivity contribution in [3.05, 3.63) is 66.0 Å². The number of alkyl carbamates (subject to hydrolysis) is 1. The molecule has 0 aliphatic heterocycles. The Morgan fingerprint density at radius 3 is 2.24 bits per heavy atom. The number of halogens is 1. The van der Waals surface area contributed by atoms with Gasteiger partial charge >= 0.3 is 6.09 Å². The van der Waals surface area contributed by atoms with Gasteiger partial charge in [-0.3, -0.25) is 0 Å². The van der Waals surface area contributed by atoms with E-state index in [1.54, 1.807) is 39.0 Å². The number of nitrogens with two attached hydrogens (primary N) is 1. The van der Waals surface area contributed by atoms with Crippen LogP contribution in [0.25, 0.3) is 0 Å². The Kier molecular flexibility index (Phi) is 5.44. The summed E-state index contributed by atoms with van der Waals surface area (Å²) < 4.78 is 45.5. The highest BCUT2D eigenvalue weighted by Gasteiger charge is 2.71. The fourth-order valence-corrected chi connectivity index (χ4v) is 6.06. The number of amides is 1. The van der Waals surface area contributed by atoms with Crippen molar-refractivity contribution >= 4 is 15.9 Å². The van der Waals surface area contributed by atoms with E-state index in [4.69, 9.17) is 10.5 Å². The quantitative estimate of drug-likeness (QED) is 0.775. The highest BCUT2D eigenvalue weighted by molar-refractivity contribution is 7.92. The van der Waals surface area contributed by atoms with Gasteiger partial charge in [0.25, 0.3) is 0 Å². The molecule has 0 bridgehead atoms. The predicted octanol–water partition coefficient (Wildman–Crippen LogP) is 2.99. The van der Waals surface area contributed by atoms with Crippen LogP contribution in [0.2, 0.25) is 0 Å². The molecule has 1 fully saturated rings. The number of rotatable bonds is 5. The average molecular weight is 421 g/mol. The lowest BCUT2D eigenvalue weighted by Gasteiger charge is -2.24. The largest absolute Gasteiger partial charge is 0.444 e. The Morgan fingerprint density at radius 1 is 1.14 bits per heavy atom. The molecule has 0 heterocycles. The molecule has 1 aliphatic rings. The van der Waals surface area contributed by atoms with Gasteiger partial charge in [-0.1, -0.05) is 30.3 Å². The van der Waals surface area contributed by atoms with Crippen molar-refractivity contribution < 1.29 is 22.3 Å². The topological polar surface area (TPSA) is 98.5 Å². The lowest BCUT2D eigenvalue weighted by molar-refractivity contribution is 0.0497. The van der Waals surface area contributed by atoms with E-state index >= 15 is 0 Å². The molecule has 156 valence electrons. The number of hydrogen-bond donors (Lipinski definition) is 2. The first-order valence-electron chi connectivity index (χ1n) is 9.27. The Balaban J connectivity index is 2.03. The van der Waals surface area contributed by atoms with Crippen molar-refractivity contribution in [3.63, 3.8) is 0 Å². The molecular formula is C21H25FN2O4S. The fraction of sp³-hybridized carbons (Fsp3) is 0.381. The van der Waals surface area contributed by atoms with E-state index in [0.29, 0.717) is 5.56 Å². The number of ether oxygens (including phenoxy) is 1. The lowest BCUT2D eigenvalue weighted by Crippen LogP contribution is -2.49. The van der Waals surface area contributed by atoms with Crippen LogP contribution in [0, 0.1) is 5.82 Å². The van der Waals surface area contributed by atoms with Crippen LogP contribution in [0.4, 0.5) is 9.18 Å². The van der Waals surface area contributed by atoms with Gasteiger partial charge in [0, 0.05) is 12.5 Å². The molecule has 0 unspecified atom stereocenters. The molecule has 0 radical (unpaired) electrons. The number of carbonyl (C=O) groups is 1. The molecule has 3 N–H and O–H groups in total. The number of benzene rings is 2. The third kappa shape index (κ3) is 4.13. The summed E-state index contributed by atoms with van der Waals surface area (Å²) in [6, 6.07) is 13.5. The molecule has 6 nitrogen and oxygen atoms in total. The Hall–Kier alpha value is -2.45. The Bertz CT molecular complexity index is 988. The first-order chi connectivity index (χ1) is 13.5. The molecule has 2 aromatic carbocycles. The first-order valence-corrected chi connectivity index (χ1v) is 10.8. The molecule has 1 saturated carbocycles. The van der Waals surface area contributed by atoms with Crippen LogP contribution in [0.5, 0.6) is 0 Å². The minimum Gasteiger partial charge on any atom is -0.444 e. The summed E-state index contributed by atoms with van der Waals surface area (Å²) in [6.45, 7) is 5.02. The smallest absolute Gasteiger partial charge is 0.408 e. The zero-order valence-electron chi connectivity index (χ0n) is 16.6. The first kappa shape index (κ1) is 21.3. The zero-order valence-corrected chi connectivity index (χ0v) is 17.4. The zero-order chi connectivity index (χ0) is 21.4. The normalized spacial score (nSPS) is 24.0. The summed E-state index contributed by atoms with van der Waals surface area (Å²) in [5, 5.41) is 1.70. The fourth-order valence-electron chi connectivity index (χ4n) is 3.70. The van der Waals surface area contributed by atoms with Crippen LogP contribution in [0.15, 0.2) is 59.5 Å². The van der Waals surface area contributed by atoms with Crippen molar-refractivity contribution in [2.75, 3.05) is 6.54 Å². The third-order valence-corrected chi connectivity index (χ3v) is 7.25. The molecule has 0 aromatic heterocycles. The second kappa shape index (κ2) is 7.42. The molecule has 29 heavy (non-hydrogen) atoms. The van der Waals surface area contributed by atoms with Crippen LogP contribution < -0.4 is 11.1 Å². The van der Waals surface area contributed by atoms with E-state index in [-0.39, 0.29) is 11.4 Å². The van der Waals surface area contributed by atoms with Crippen LogP contribution in [-0.4, -0.2) is 37.4 Å². The lowest BCUT2D eigenvalue weighted by atomic mass is 10.1. The van der Waals surface area contributed by atoms with Crippen LogP contribution >= 0.6 is 0 Å². The van der Waals surface area contributed by atoms with Gasteiger partial charge in [0.2, 0.25) is 0 Å². The molecule has 3 rings (SSSR count). The molecule has 1 amide bonds. The highest BCUT2D eigenvalue weighted by Crippen LogP contribution is 2.56. The van der Waals surface area contributed by atoms with Crippen LogP contribution in [0.3, 0.4) is 0 Å². The number of nitrogens with one attached hydrogen (secondary N) is 1. The number of carbonyl (C=O) groups excluding carboxylic acids is 1. The molecular weight excluding hydrogens is 395 g/mol. The number of sulfone groups is 1. The van der Waals surface area contributed by atoms with E-state index in [0.717, 1.165) is 0 Å². The molecule has 0 saturated heterocycles. The van der Waals surface area contributed by atoms with Gasteiger partial charge in [0.05, 0.1) is 10.4 Å². The minimum absolute atomic E-state index is 0.120. The van der Waals surface area contributed by atoms with Gasteiger partial charge in [0.15, 0.2) is 9.84 Å². The van der Waals surface area contributed by atoms with Gasteiger partial charge in [-0.2, -0.15) is 0 Å². The average Bonchev–Trinajstić information content (AvgIpc) is 3.31. The predicted molar refractivity (Wildman–Crippen MR) is 108 cm³/mol. The summed E-state index contributed by atoms with van der Waals surface area (Å²) in [4.78, 5) is 12.6. The van der Waals surface area contributed by atoms with Crippen molar-refractivity contribution in [2.24, 2.45) is 5.73 Å². The van der Waals surface area contributed by atoms with Gasteiger partial charge in [-0.05, 0) is 50.6 Å². The monoisotopic (exact) mass is 420 g/mol. The summed E-state index contributed by atoms with van der Waals surface area (Å²) in [6.07, 6.45) is -0.749. The summed E-state index contributed by atoms with van der Waals surface area (Å²) in [5.74, 6) is -1.07. The molecule has 8 heteroatoms. The Labute approximate surface area is 170 Å². The van der Waals surface area contributed by atoms with E-state index in [1.165, 1.54) is 36.4 Å². The van der Waals surface area contributed by atoms with Gasteiger partial charge in [0.1, 0.15) is 16.7 Å². The van der Waals surface area contributed by atoms with Crippen molar-refractivity contribution in [3.8, 4) is 0 Å². The molecule has 1 aliphatic carbocycles. The SMILES string of the molecule is CC(C)(C)OC(=O)N[C@]1(CN)[C@H](c2ccc(F)cc2)[C@H]1S(=O)(=O)c1ccccc1. The maximum atomic E-state index is 13.4. The number of hydrogen-bond acceptors (Lipinski definition) is 5. The second-order valence-corrected chi connectivity index (χ2v) is 10.2. The minimum atomic E-state index is -3.83.